The zero-order valence-corrected chi connectivity index (χ0v) is 17.9. The highest BCUT2D eigenvalue weighted by molar-refractivity contribution is 5.95. The Morgan fingerprint density at radius 1 is 1.03 bits per heavy atom. The number of nitrogens with zero attached hydrogens (tertiary/aromatic N) is 5. The number of nitrogens with one attached hydrogen (secondary N) is 1. The third-order valence-corrected chi connectivity index (χ3v) is 6.25. The van der Waals surface area contributed by atoms with Crippen LogP contribution in [0.3, 0.4) is 0 Å². The monoisotopic (exact) mass is 428 g/mol. The van der Waals surface area contributed by atoms with Gasteiger partial charge in [0, 0.05) is 26.7 Å². The van der Waals surface area contributed by atoms with Crippen LogP contribution in [0.1, 0.15) is 12.8 Å². The summed E-state index contributed by atoms with van der Waals surface area (Å²) in [5.74, 6) is 1.50. The highest BCUT2D eigenvalue weighted by atomic mass is 16.4. The molecule has 1 amide bonds. The van der Waals surface area contributed by atoms with Crippen molar-refractivity contribution in [1.82, 2.24) is 19.9 Å². The van der Waals surface area contributed by atoms with E-state index < -0.39 is 0 Å². The molecule has 2 aromatic heterocycles. The van der Waals surface area contributed by atoms with Gasteiger partial charge in [0.05, 0.1) is 23.8 Å². The summed E-state index contributed by atoms with van der Waals surface area (Å²) in [6, 6.07) is 12.4. The molecule has 0 atom stereocenters. The molecule has 6 rings (SSSR count). The summed E-state index contributed by atoms with van der Waals surface area (Å²) in [5.41, 5.74) is 5.14. The van der Waals surface area contributed by atoms with Gasteiger partial charge in [0.2, 0.25) is 5.91 Å². The number of carbonyl (C=O) groups is 1. The topological polar surface area (TPSA) is 87.4 Å². The maximum absolute atomic E-state index is 12.8. The van der Waals surface area contributed by atoms with Crippen LogP contribution in [0.5, 0.6) is 0 Å². The van der Waals surface area contributed by atoms with Gasteiger partial charge in [0.15, 0.2) is 11.4 Å². The van der Waals surface area contributed by atoms with Crippen molar-refractivity contribution in [3.63, 3.8) is 0 Å². The van der Waals surface area contributed by atoms with Crippen LogP contribution in [-0.2, 0) is 4.79 Å². The molecule has 1 saturated carbocycles. The van der Waals surface area contributed by atoms with Gasteiger partial charge in [0.25, 0.3) is 6.01 Å². The van der Waals surface area contributed by atoms with Crippen LogP contribution in [0.25, 0.3) is 33.3 Å². The molecule has 1 N–H and O–H groups in total. The number of benzene rings is 2. The highest BCUT2D eigenvalue weighted by Crippen LogP contribution is 2.31. The van der Waals surface area contributed by atoms with Crippen molar-refractivity contribution in [2.45, 2.75) is 12.8 Å². The van der Waals surface area contributed by atoms with Crippen molar-refractivity contribution in [2.24, 2.45) is 5.92 Å². The Morgan fingerprint density at radius 2 is 1.84 bits per heavy atom. The first-order chi connectivity index (χ1) is 15.7. The lowest BCUT2D eigenvalue weighted by atomic mass is 10.0. The van der Waals surface area contributed by atoms with E-state index in [2.05, 4.69) is 20.2 Å². The van der Waals surface area contributed by atoms with Crippen LogP contribution in [0, 0.1) is 5.92 Å². The Morgan fingerprint density at radius 3 is 2.62 bits per heavy atom. The summed E-state index contributed by atoms with van der Waals surface area (Å²) in [6.45, 7) is 3.04. The number of hydrogen-bond acceptors (Lipinski definition) is 7. The molecule has 2 fully saturated rings. The third-order valence-electron chi connectivity index (χ3n) is 6.25. The van der Waals surface area contributed by atoms with Gasteiger partial charge in [-0.1, -0.05) is 12.1 Å². The molecule has 32 heavy (non-hydrogen) atoms. The molecule has 8 nitrogen and oxygen atoms in total. The van der Waals surface area contributed by atoms with Crippen molar-refractivity contribution in [1.29, 1.82) is 0 Å². The fourth-order valence-corrected chi connectivity index (χ4v) is 4.31. The van der Waals surface area contributed by atoms with E-state index in [1.807, 2.05) is 36.4 Å². The maximum Gasteiger partial charge on any atom is 0.295 e. The average Bonchev–Trinajstić information content (AvgIpc) is 3.53. The van der Waals surface area contributed by atoms with Gasteiger partial charge in [-0.3, -0.25) is 19.6 Å². The summed E-state index contributed by atoms with van der Waals surface area (Å²) >= 11 is 0. The molecule has 8 heteroatoms. The smallest absolute Gasteiger partial charge is 0.295 e. The van der Waals surface area contributed by atoms with Crippen molar-refractivity contribution in [2.75, 3.05) is 43.4 Å². The lowest BCUT2D eigenvalue weighted by molar-refractivity contribution is -0.121. The molecule has 0 unspecified atom stereocenters. The first-order valence-corrected chi connectivity index (χ1v) is 11.0. The van der Waals surface area contributed by atoms with Crippen molar-refractivity contribution < 1.29 is 9.21 Å². The van der Waals surface area contributed by atoms with Gasteiger partial charge in [-0.15, -0.1) is 0 Å². The number of amides is 1. The molecular weight excluding hydrogens is 404 g/mol. The number of piperazine rings is 1. The van der Waals surface area contributed by atoms with Crippen LogP contribution >= 0.6 is 0 Å². The van der Waals surface area contributed by atoms with Crippen LogP contribution in [0.2, 0.25) is 0 Å². The maximum atomic E-state index is 12.8. The molecule has 0 spiro atoms. The van der Waals surface area contributed by atoms with Crippen molar-refractivity contribution >= 4 is 39.9 Å². The second-order valence-corrected chi connectivity index (χ2v) is 8.61. The first kappa shape index (κ1) is 19.2. The van der Waals surface area contributed by atoms with Crippen molar-refractivity contribution in [3.8, 4) is 11.1 Å². The number of fused-ring (bicyclic) bond motifs is 2. The number of rotatable bonds is 5. The molecule has 162 valence electrons. The molecule has 4 aromatic rings. The van der Waals surface area contributed by atoms with Crippen LogP contribution in [-0.4, -0.2) is 59.0 Å². The van der Waals surface area contributed by atoms with Gasteiger partial charge in [0.1, 0.15) is 5.52 Å². The minimum atomic E-state index is 0.0959. The van der Waals surface area contributed by atoms with E-state index in [1.54, 1.807) is 18.1 Å². The Bertz CT molecular complexity index is 1330. The van der Waals surface area contributed by atoms with Crippen LogP contribution in [0.4, 0.5) is 11.8 Å². The van der Waals surface area contributed by atoms with E-state index in [-0.39, 0.29) is 5.91 Å². The second-order valence-electron chi connectivity index (χ2n) is 8.61. The number of anilines is 2. The predicted octanol–water partition coefficient (Wildman–Crippen LogP) is 3.54. The predicted molar refractivity (Wildman–Crippen MR) is 124 cm³/mol. The Labute approximate surface area is 185 Å². The zero-order valence-electron chi connectivity index (χ0n) is 17.9. The third kappa shape index (κ3) is 3.56. The van der Waals surface area contributed by atoms with E-state index in [1.165, 1.54) is 12.8 Å². The standard InChI is InChI=1S/C24H24N6O2/c1-25-24-28-20-11-17(5-7-21(20)32-24)16-4-6-18-19(10-16)27-22(12-26-18)30-9-8-29(14-23(30)31)13-15-2-3-15/h4-7,10-12,15H,2-3,8-9,13-14H2,1H3,(H,25,28). The van der Waals surface area contributed by atoms with Gasteiger partial charge in [-0.05, 0) is 54.2 Å². The molecule has 1 aliphatic carbocycles. The number of aromatic nitrogens is 3. The zero-order chi connectivity index (χ0) is 21.7. The molecule has 3 heterocycles. The van der Waals surface area contributed by atoms with E-state index >= 15 is 0 Å². The summed E-state index contributed by atoms with van der Waals surface area (Å²) in [4.78, 5) is 30.6. The molecule has 1 aliphatic heterocycles. The summed E-state index contributed by atoms with van der Waals surface area (Å²) in [5, 5.41) is 2.92. The number of oxazole rings is 1. The summed E-state index contributed by atoms with van der Waals surface area (Å²) in [7, 11) is 1.78. The Balaban J connectivity index is 1.29. The molecule has 0 radical (unpaired) electrons. The SMILES string of the molecule is CNc1nc2cc(-c3ccc4ncc(N5CCN(CC6CC6)CC5=O)nc4c3)ccc2o1. The quantitative estimate of drug-likeness (QED) is 0.520. The van der Waals surface area contributed by atoms with Gasteiger partial charge in [-0.2, -0.15) is 4.98 Å². The lowest BCUT2D eigenvalue weighted by Gasteiger charge is -2.33. The molecule has 0 bridgehead atoms. The lowest BCUT2D eigenvalue weighted by Crippen LogP contribution is -2.51. The normalized spacial score (nSPS) is 17.4. The first-order valence-electron chi connectivity index (χ1n) is 11.0. The average molecular weight is 428 g/mol. The van der Waals surface area contributed by atoms with E-state index in [4.69, 9.17) is 9.40 Å². The minimum Gasteiger partial charge on any atom is -0.424 e. The van der Waals surface area contributed by atoms with Crippen LogP contribution in [0.15, 0.2) is 47.0 Å². The fourth-order valence-electron chi connectivity index (χ4n) is 4.31. The Kier molecular flexibility index (Phi) is 4.53. The van der Waals surface area contributed by atoms with Gasteiger partial charge in [-0.25, -0.2) is 4.98 Å². The Hall–Kier alpha value is -3.52. The van der Waals surface area contributed by atoms with Gasteiger partial charge < -0.3 is 9.73 Å². The molecular formula is C24H24N6O2. The number of hydrogen-bond donors (Lipinski definition) is 1. The van der Waals surface area contributed by atoms with E-state index in [0.29, 0.717) is 24.9 Å². The van der Waals surface area contributed by atoms with Crippen LogP contribution < -0.4 is 10.2 Å². The molecule has 1 saturated heterocycles. The fraction of sp³-hybridized carbons (Fsp3) is 0.333. The highest BCUT2D eigenvalue weighted by Gasteiger charge is 2.30. The van der Waals surface area contributed by atoms with E-state index in [9.17, 15) is 4.79 Å². The minimum absolute atomic E-state index is 0.0959. The van der Waals surface area contributed by atoms with Crippen molar-refractivity contribution in [3.05, 3.63) is 42.6 Å². The molecule has 2 aliphatic rings. The summed E-state index contributed by atoms with van der Waals surface area (Å²) in [6.07, 6.45) is 4.30. The second kappa shape index (κ2) is 7.56. The molecule has 2 aromatic carbocycles. The van der Waals surface area contributed by atoms with Gasteiger partial charge >= 0.3 is 0 Å². The number of carbonyl (C=O) groups excluding carboxylic acids is 1. The largest absolute Gasteiger partial charge is 0.424 e. The summed E-state index contributed by atoms with van der Waals surface area (Å²) < 4.78 is 5.62. The van der Waals surface area contributed by atoms with E-state index in [0.717, 1.165) is 52.3 Å².